The van der Waals surface area contributed by atoms with Crippen LogP contribution in [-0.2, 0) is 0 Å². The van der Waals surface area contributed by atoms with Crippen molar-refractivity contribution in [3.63, 3.8) is 0 Å². The van der Waals surface area contributed by atoms with Gasteiger partial charge < -0.3 is 19.9 Å². The molecule has 118 valence electrons. The van der Waals surface area contributed by atoms with Crippen LogP contribution < -0.4 is 11.4 Å². The molecule has 5 aromatic rings. The molecule has 1 aromatic carbocycles. The molecule has 6 nitrogen and oxygen atoms in total. The van der Waals surface area contributed by atoms with Crippen LogP contribution in [0.2, 0.25) is 0 Å². The molecule has 0 aliphatic rings. The zero-order valence-electron chi connectivity index (χ0n) is 12.1. The van der Waals surface area contributed by atoms with E-state index in [0.717, 1.165) is 42.9 Å². The number of aromatic amines is 4. The van der Waals surface area contributed by atoms with Gasteiger partial charge in [0, 0.05) is 10.8 Å². The maximum Gasteiger partial charge on any atom is 0.323 e. The van der Waals surface area contributed by atoms with Gasteiger partial charge in [-0.25, -0.2) is 9.59 Å². The summed E-state index contributed by atoms with van der Waals surface area (Å²) in [5.74, 6) is 0. The van der Waals surface area contributed by atoms with Crippen LogP contribution >= 0.6 is 22.7 Å². The summed E-state index contributed by atoms with van der Waals surface area (Å²) in [7, 11) is 0. The van der Waals surface area contributed by atoms with E-state index in [9.17, 15) is 9.59 Å². The highest BCUT2D eigenvalue weighted by molar-refractivity contribution is 7.15. The van der Waals surface area contributed by atoms with E-state index in [1.807, 2.05) is 35.0 Å². The van der Waals surface area contributed by atoms with Crippen molar-refractivity contribution in [1.29, 1.82) is 0 Å². The smallest absolute Gasteiger partial charge is 0.305 e. The average molecular weight is 354 g/mol. The number of imidazole rings is 2. The molecule has 24 heavy (non-hydrogen) atoms. The summed E-state index contributed by atoms with van der Waals surface area (Å²) >= 11 is 3.18. The van der Waals surface area contributed by atoms with Gasteiger partial charge in [0.15, 0.2) is 0 Å². The number of H-pyrrole nitrogens is 4. The molecule has 0 atom stereocenters. The van der Waals surface area contributed by atoms with Crippen LogP contribution in [0.1, 0.15) is 0 Å². The zero-order valence-corrected chi connectivity index (χ0v) is 13.7. The second kappa shape index (κ2) is 4.83. The Morgan fingerprint density at radius 1 is 0.625 bits per heavy atom. The molecule has 0 saturated carbocycles. The molecule has 0 fully saturated rings. The lowest BCUT2D eigenvalue weighted by Gasteiger charge is -2.01. The Morgan fingerprint density at radius 2 is 1.04 bits per heavy atom. The normalized spacial score (nSPS) is 11.7. The van der Waals surface area contributed by atoms with Gasteiger partial charge in [-0.1, -0.05) is 24.3 Å². The van der Waals surface area contributed by atoms with Crippen molar-refractivity contribution < 1.29 is 0 Å². The molecule has 0 aliphatic carbocycles. The highest BCUT2D eigenvalue weighted by Gasteiger charge is 2.12. The number of hydrogen-bond acceptors (Lipinski definition) is 4. The van der Waals surface area contributed by atoms with E-state index in [1.54, 1.807) is 22.7 Å². The molecule has 0 bridgehead atoms. The molecular formula is C16H10N4O2S2. The summed E-state index contributed by atoms with van der Waals surface area (Å²) in [6.45, 7) is 0. The van der Waals surface area contributed by atoms with Gasteiger partial charge in [-0.3, -0.25) is 0 Å². The Morgan fingerprint density at radius 3 is 1.46 bits per heavy atom. The van der Waals surface area contributed by atoms with Crippen LogP contribution in [0.5, 0.6) is 0 Å². The van der Waals surface area contributed by atoms with Crippen LogP contribution in [0.4, 0.5) is 0 Å². The van der Waals surface area contributed by atoms with Gasteiger partial charge >= 0.3 is 11.4 Å². The number of thiophene rings is 2. The number of hydrogen-bond donors (Lipinski definition) is 4. The van der Waals surface area contributed by atoms with Crippen molar-refractivity contribution in [2.75, 3.05) is 0 Å². The lowest BCUT2D eigenvalue weighted by atomic mass is 10.1. The molecule has 0 aliphatic heterocycles. The predicted octanol–water partition coefficient (Wildman–Crippen LogP) is 3.48. The van der Waals surface area contributed by atoms with Crippen LogP contribution in [0.3, 0.4) is 0 Å². The third kappa shape index (κ3) is 1.93. The molecule has 0 unspecified atom stereocenters. The summed E-state index contributed by atoms with van der Waals surface area (Å²) in [4.78, 5) is 36.1. The van der Waals surface area contributed by atoms with Crippen molar-refractivity contribution >= 4 is 44.7 Å². The van der Waals surface area contributed by atoms with Crippen molar-refractivity contribution in [1.82, 2.24) is 19.9 Å². The fourth-order valence-electron chi connectivity index (χ4n) is 2.88. The second-order valence-electron chi connectivity index (χ2n) is 5.44. The van der Waals surface area contributed by atoms with Crippen molar-refractivity contribution in [2.45, 2.75) is 0 Å². The summed E-state index contributed by atoms with van der Waals surface area (Å²) in [6.07, 6.45) is 0. The molecule has 0 amide bonds. The first-order valence-electron chi connectivity index (χ1n) is 7.19. The summed E-state index contributed by atoms with van der Waals surface area (Å²) in [5, 5.41) is 3.87. The Labute approximate surface area is 141 Å². The summed E-state index contributed by atoms with van der Waals surface area (Å²) < 4.78 is 0. The van der Waals surface area contributed by atoms with E-state index >= 15 is 0 Å². The van der Waals surface area contributed by atoms with Gasteiger partial charge in [0.1, 0.15) is 0 Å². The quantitative estimate of drug-likeness (QED) is 0.390. The predicted molar refractivity (Wildman–Crippen MR) is 98.0 cm³/mol. The second-order valence-corrected chi connectivity index (χ2v) is 7.20. The van der Waals surface area contributed by atoms with Gasteiger partial charge in [-0.15, -0.1) is 22.7 Å². The molecule has 4 N–H and O–H groups in total. The van der Waals surface area contributed by atoms with E-state index in [4.69, 9.17) is 0 Å². The van der Waals surface area contributed by atoms with Gasteiger partial charge in [0.25, 0.3) is 0 Å². The largest absolute Gasteiger partial charge is 0.323 e. The third-order valence-corrected chi connectivity index (χ3v) is 6.02. The number of benzene rings is 1. The van der Waals surface area contributed by atoms with Gasteiger partial charge in [0.2, 0.25) is 0 Å². The lowest BCUT2D eigenvalue weighted by Crippen LogP contribution is -1.99. The minimum absolute atomic E-state index is 0.192. The van der Waals surface area contributed by atoms with Crippen LogP contribution in [-0.4, -0.2) is 19.9 Å². The van der Waals surface area contributed by atoms with E-state index in [1.165, 1.54) is 0 Å². The fourth-order valence-corrected chi connectivity index (χ4v) is 4.81. The SMILES string of the molecule is O=c1[nH]c2csc(-c3ccc(-c4scc5[nH]c(=O)[nH]c45)cc3)c2[nH]1. The summed E-state index contributed by atoms with van der Waals surface area (Å²) in [5.41, 5.74) is 5.04. The monoisotopic (exact) mass is 354 g/mol. The maximum absolute atomic E-state index is 11.4. The van der Waals surface area contributed by atoms with Crippen LogP contribution in [0.25, 0.3) is 42.9 Å². The number of nitrogens with one attached hydrogen (secondary N) is 4. The van der Waals surface area contributed by atoms with E-state index in [-0.39, 0.29) is 11.4 Å². The molecule has 4 heterocycles. The van der Waals surface area contributed by atoms with Crippen LogP contribution in [0.15, 0.2) is 44.6 Å². The van der Waals surface area contributed by atoms with E-state index in [2.05, 4.69) is 19.9 Å². The average Bonchev–Trinajstić information content (AvgIpc) is 3.28. The molecule has 8 heteroatoms. The molecule has 0 saturated heterocycles. The Balaban J connectivity index is 1.62. The molecular weight excluding hydrogens is 344 g/mol. The van der Waals surface area contributed by atoms with Crippen molar-refractivity contribution in [2.24, 2.45) is 0 Å². The highest BCUT2D eigenvalue weighted by Crippen LogP contribution is 2.36. The third-order valence-electron chi connectivity index (χ3n) is 3.96. The molecule has 5 rings (SSSR count). The first-order chi connectivity index (χ1) is 11.7. The van der Waals surface area contributed by atoms with Gasteiger partial charge in [-0.05, 0) is 11.1 Å². The molecule has 0 radical (unpaired) electrons. The molecule has 0 spiro atoms. The van der Waals surface area contributed by atoms with Gasteiger partial charge in [-0.2, -0.15) is 0 Å². The van der Waals surface area contributed by atoms with E-state index in [0.29, 0.717) is 0 Å². The molecule has 4 aromatic heterocycles. The maximum atomic E-state index is 11.4. The minimum atomic E-state index is -0.192. The van der Waals surface area contributed by atoms with Crippen LogP contribution in [0, 0.1) is 0 Å². The summed E-state index contributed by atoms with van der Waals surface area (Å²) in [6, 6.07) is 8.12. The van der Waals surface area contributed by atoms with Gasteiger partial charge in [0.05, 0.1) is 31.8 Å². The Hall–Kier alpha value is -2.84. The fraction of sp³-hybridized carbons (Fsp3) is 0. The van der Waals surface area contributed by atoms with E-state index < -0.39 is 0 Å². The first kappa shape index (κ1) is 13.6. The van der Waals surface area contributed by atoms with Crippen molar-refractivity contribution in [3.8, 4) is 20.9 Å². The Bertz CT molecular complexity index is 1190. The topological polar surface area (TPSA) is 97.3 Å². The highest BCUT2D eigenvalue weighted by atomic mass is 32.1. The number of aromatic nitrogens is 4. The standard InChI is InChI=1S/C16H10N4O2S2/c21-15-17-9-5-23-13(11(9)19-15)7-1-2-8(4-3-7)14-12-10(6-24-14)18-16(22)20-12/h1-6H,(H2,17,19,21)(H2,18,20,22). The zero-order chi connectivity index (χ0) is 16.3. The number of fused-ring (bicyclic) bond motifs is 2. The minimum Gasteiger partial charge on any atom is -0.305 e. The lowest BCUT2D eigenvalue weighted by molar-refractivity contribution is 1.21. The van der Waals surface area contributed by atoms with Crippen molar-refractivity contribution in [3.05, 3.63) is 56.0 Å². The Kier molecular flexibility index (Phi) is 2.73. The first-order valence-corrected chi connectivity index (χ1v) is 8.95. The number of rotatable bonds is 2.